The molecule has 1 amide bonds. The molecular weight excluding hydrogens is 474 g/mol. The van der Waals surface area contributed by atoms with Gasteiger partial charge < -0.3 is 10.7 Å². The van der Waals surface area contributed by atoms with Crippen LogP contribution in [0.5, 0.6) is 0 Å². The molecule has 2 heterocycles. The minimum absolute atomic E-state index is 0.00323. The molecule has 1 fully saturated rings. The molecular formula is C20H20F2N6O3S2. The maximum Gasteiger partial charge on any atom is 0.243 e. The number of piperazine rings is 1. The summed E-state index contributed by atoms with van der Waals surface area (Å²) >= 11 is 1.05. The molecule has 1 aliphatic rings. The van der Waals surface area contributed by atoms with Crippen molar-refractivity contribution in [2.45, 2.75) is 10.1 Å². The third kappa shape index (κ3) is 4.84. The molecule has 0 saturated carbocycles. The highest BCUT2D eigenvalue weighted by molar-refractivity contribution is 7.99. The second-order valence-corrected chi connectivity index (χ2v) is 10.1. The van der Waals surface area contributed by atoms with Gasteiger partial charge >= 0.3 is 0 Å². The number of rotatable bonds is 6. The number of halogens is 2. The number of nitrogen functional groups attached to an aromatic ring is 1. The van der Waals surface area contributed by atoms with Crippen molar-refractivity contribution in [2.75, 3.05) is 37.8 Å². The molecule has 3 aromatic rings. The summed E-state index contributed by atoms with van der Waals surface area (Å²) in [7, 11) is -3.84. The Bertz CT molecular complexity index is 1280. The molecule has 13 heteroatoms. The molecule has 0 atom stereocenters. The fraction of sp³-hybridized carbons (Fsp3) is 0.250. The van der Waals surface area contributed by atoms with Gasteiger partial charge in [0, 0.05) is 26.2 Å². The number of hydrogen-bond acceptors (Lipinski definition) is 7. The standard InChI is InChI=1S/C20H20F2N6O3S2/c21-14-4-3-5-15(12-14)33(30,31)27-10-8-26(9-11-27)18(29)13-32-20-25-24-19(28(20)23)16-6-1-2-7-17(16)22/h1-7,12H,8-11,13,23H2. The molecule has 0 spiro atoms. The SMILES string of the molecule is Nn1c(SCC(=O)N2CCN(S(=O)(=O)c3cccc(F)c3)CC2)nnc1-c1ccccc1F. The highest BCUT2D eigenvalue weighted by Gasteiger charge is 2.30. The molecule has 1 saturated heterocycles. The number of hydrogen-bond donors (Lipinski definition) is 1. The average molecular weight is 495 g/mol. The zero-order chi connectivity index (χ0) is 23.6. The van der Waals surface area contributed by atoms with Crippen LogP contribution in [0.25, 0.3) is 11.4 Å². The van der Waals surface area contributed by atoms with Gasteiger partial charge in [-0.3, -0.25) is 4.79 Å². The Morgan fingerprint density at radius 1 is 1.03 bits per heavy atom. The largest absolute Gasteiger partial charge is 0.339 e. The first-order chi connectivity index (χ1) is 15.8. The minimum atomic E-state index is -3.84. The van der Waals surface area contributed by atoms with Gasteiger partial charge in [0.25, 0.3) is 0 Å². The van der Waals surface area contributed by atoms with Gasteiger partial charge in [-0.15, -0.1) is 10.2 Å². The van der Waals surface area contributed by atoms with Gasteiger partial charge in [-0.2, -0.15) is 4.31 Å². The van der Waals surface area contributed by atoms with Gasteiger partial charge in [0.15, 0.2) is 5.82 Å². The average Bonchev–Trinajstić information content (AvgIpc) is 3.18. The lowest BCUT2D eigenvalue weighted by Gasteiger charge is -2.34. The number of carbonyl (C=O) groups is 1. The van der Waals surface area contributed by atoms with E-state index < -0.39 is 21.7 Å². The van der Waals surface area contributed by atoms with Crippen LogP contribution in [0.2, 0.25) is 0 Å². The van der Waals surface area contributed by atoms with Crippen molar-refractivity contribution in [3.05, 3.63) is 60.2 Å². The van der Waals surface area contributed by atoms with E-state index in [0.29, 0.717) is 0 Å². The van der Waals surface area contributed by atoms with Crippen LogP contribution >= 0.6 is 11.8 Å². The van der Waals surface area contributed by atoms with Gasteiger partial charge in [0.2, 0.25) is 21.1 Å². The summed E-state index contributed by atoms with van der Waals surface area (Å²) in [6, 6.07) is 10.8. The first-order valence-corrected chi connectivity index (χ1v) is 12.3. The number of amides is 1. The van der Waals surface area contributed by atoms with Crippen LogP contribution in [-0.4, -0.2) is 70.3 Å². The summed E-state index contributed by atoms with van der Waals surface area (Å²) in [6.45, 7) is 0.590. The molecule has 1 aromatic heterocycles. The number of benzene rings is 2. The van der Waals surface area contributed by atoms with E-state index >= 15 is 0 Å². The molecule has 9 nitrogen and oxygen atoms in total. The minimum Gasteiger partial charge on any atom is -0.339 e. The van der Waals surface area contributed by atoms with Crippen molar-refractivity contribution < 1.29 is 22.0 Å². The van der Waals surface area contributed by atoms with E-state index in [4.69, 9.17) is 5.84 Å². The molecule has 4 rings (SSSR count). The quantitative estimate of drug-likeness (QED) is 0.409. The highest BCUT2D eigenvalue weighted by Crippen LogP contribution is 2.24. The summed E-state index contributed by atoms with van der Waals surface area (Å²) < 4.78 is 55.2. The Morgan fingerprint density at radius 2 is 1.76 bits per heavy atom. The summed E-state index contributed by atoms with van der Waals surface area (Å²) in [6.07, 6.45) is 0. The van der Waals surface area contributed by atoms with E-state index in [1.54, 1.807) is 17.0 Å². The normalized spacial score (nSPS) is 15.0. The summed E-state index contributed by atoms with van der Waals surface area (Å²) in [4.78, 5) is 14.0. The molecule has 0 radical (unpaired) electrons. The first-order valence-electron chi connectivity index (χ1n) is 9.89. The Morgan fingerprint density at radius 3 is 2.45 bits per heavy atom. The van der Waals surface area contributed by atoms with Gasteiger partial charge in [-0.25, -0.2) is 21.9 Å². The lowest BCUT2D eigenvalue weighted by atomic mass is 10.2. The Kier molecular flexibility index (Phi) is 6.63. The topological polar surface area (TPSA) is 114 Å². The molecule has 174 valence electrons. The van der Waals surface area contributed by atoms with Crippen LogP contribution in [0, 0.1) is 11.6 Å². The number of aromatic nitrogens is 3. The summed E-state index contributed by atoms with van der Waals surface area (Å²) in [5.74, 6) is 4.78. The molecule has 1 aliphatic heterocycles. The fourth-order valence-electron chi connectivity index (χ4n) is 3.37. The lowest BCUT2D eigenvalue weighted by Crippen LogP contribution is -2.51. The lowest BCUT2D eigenvalue weighted by molar-refractivity contribution is -0.129. The number of nitrogens with zero attached hydrogens (tertiary/aromatic N) is 5. The van der Waals surface area contributed by atoms with Crippen molar-refractivity contribution in [3.8, 4) is 11.4 Å². The highest BCUT2D eigenvalue weighted by atomic mass is 32.2. The van der Waals surface area contributed by atoms with E-state index in [9.17, 15) is 22.0 Å². The number of sulfonamides is 1. The van der Waals surface area contributed by atoms with E-state index in [0.717, 1.165) is 22.5 Å². The van der Waals surface area contributed by atoms with Crippen LogP contribution in [0.4, 0.5) is 8.78 Å². The van der Waals surface area contributed by atoms with Crippen LogP contribution in [0.1, 0.15) is 0 Å². The predicted molar refractivity (Wildman–Crippen MR) is 118 cm³/mol. The third-order valence-electron chi connectivity index (χ3n) is 5.13. The summed E-state index contributed by atoms with van der Waals surface area (Å²) in [5, 5.41) is 8.09. The smallest absolute Gasteiger partial charge is 0.243 e. The van der Waals surface area contributed by atoms with Crippen LogP contribution in [-0.2, 0) is 14.8 Å². The third-order valence-corrected chi connectivity index (χ3v) is 7.95. The predicted octanol–water partition coefficient (Wildman–Crippen LogP) is 1.56. The Hall–Kier alpha value is -3.03. The zero-order valence-electron chi connectivity index (χ0n) is 17.3. The van der Waals surface area contributed by atoms with E-state index in [1.165, 1.54) is 34.6 Å². The molecule has 0 unspecified atom stereocenters. The molecule has 2 aromatic carbocycles. The van der Waals surface area contributed by atoms with Crippen molar-refractivity contribution in [2.24, 2.45) is 0 Å². The maximum absolute atomic E-state index is 14.0. The van der Waals surface area contributed by atoms with Crippen molar-refractivity contribution >= 4 is 27.7 Å². The molecule has 0 aliphatic carbocycles. The van der Waals surface area contributed by atoms with Crippen molar-refractivity contribution in [3.63, 3.8) is 0 Å². The maximum atomic E-state index is 14.0. The van der Waals surface area contributed by atoms with E-state index in [2.05, 4.69) is 10.2 Å². The monoisotopic (exact) mass is 494 g/mol. The van der Waals surface area contributed by atoms with Gasteiger partial charge in [-0.05, 0) is 30.3 Å². The van der Waals surface area contributed by atoms with Gasteiger partial charge in [0.1, 0.15) is 11.6 Å². The second-order valence-electron chi connectivity index (χ2n) is 7.19. The Balaban J connectivity index is 1.34. The molecule has 2 N–H and O–H groups in total. The van der Waals surface area contributed by atoms with Crippen LogP contribution in [0.15, 0.2) is 58.6 Å². The summed E-state index contributed by atoms with van der Waals surface area (Å²) in [5.41, 5.74) is 0.196. The van der Waals surface area contributed by atoms with E-state index in [1.807, 2.05) is 0 Å². The van der Waals surface area contributed by atoms with Gasteiger partial charge in [0.05, 0.1) is 16.2 Å². The number of carbonyl (C=O) groups excluding carboxylic acids is 1. The molecule has 0 bridgehead atoms. The fourth-order valence-corrected chi connectivity index (χ4v) is 5.59. The second kappa shape index (κ2) is 9.45. The first kappa shape index (κ1) is 23.1. The van der Waals surface area contributed by atoms with Gasteiger partial charge in [-0.1, -0.05) is 30.0 Å². The zero-order valence-corrected chi connectivity index (χ0v) is 18.9. The van der Waals surface area contributed by atoms with Crippen molar-refractivity contribution in [1.29, 1.82) is 0 Å². The number of thioether (sulfide) groups is 1. The van der Waals surface area contributed by atoms with Crippen LogP contribution in [0.3, 0.4) is 0 Å². The van der Waals surface area contributed by atoms with Crippen molar-refractivity contribution in [1.82, 2.24) is 24.1 Å². The Labute approximate surface area is 193 Å². The van der Waals surface area contributed by atoms with Crippen LogP contribution < -0.4 is 5.84 Å². The van der Waals surface area contributed by atoms with E-state index in [-0.39, 0.29) is 59.3 Å². The molecule has 33 heavy (non-hydrogen) atoms. The number of nitrogens with two attached hydrogens (primary N) is 1.